The predicted molar refractivity (Wildman–Crippen MR) is 110 cm³/mol. The Morgan fingerprint density at radius 3 is 3.03 bits per heavy atom. The van der Waals surface area contributed by atoms with Crippen molar-refractivity contribution >= 4 is 28.3 Å². The van der Waals surface area contributed by atoms with Crippen molar-refractivity contribution in [1.82, 2.24) is 19.9 Å². The molecule has 31 heavy (non-hydrogen) atoms. The van der Waals surface area contributed by atoms with E-state index in [0.717, 1.165) is 19.3 Å². The molecule has 2 aromatic rings. The molecule has 10 heteroatoms. The smallest absolute Gasteiger partial charge is 0.319 e. The SMILES string of the molecule is [2H]C([2H])(Oc1nc(N2CCC[C@@H]3[C@@H](F)[C@@H]32)c2cnc(Cl)c(F)c2n1)[C@@]12CCCN1C[C@H](F)C2. The zero-order valence-corrected chi connectivity index (χ0v) is 17.5. The fraction of sp³-hybridized carbons (Fsp3) is 0.667. The summed E-state index contributed by atoms with van der Waals surface area (Å²) in [7, 11) is 0. The topological polar surface area (TPSA) is 54.4 Å². The standard InChI is InChI=1S/C21H23ClF3N5O/c22-18-15(25)16-13(8-26-18)19(30-6-1-3-12-14(24)17(12)30)28-20(27-16)31-10-21-4-2-5-29(21)9-11(23)7-21/h8,11-12,14,17H,1-7,9-10H2/t11-,12-,14-,17-,21+/m1/s1/i10D2. The van der Waals surface area contributed by atoms with Crippen LogP contribution >= 0.6 is 11.6 Å². The molecule has 6 rings (SSSR count). The van der Waals surface area contributed by atoms with Gasteiger partial charge in [-0.2, -0.15) is 9.97 Å². The van der Waals surface area contributed by atoms with Crippen LogP contribution in [0.4, 0.5) is 19.0 Å². The maximum absolute atomic E-state index is 14.9. The van der Waals surface area contributed by atoms with E-state index in [4.69, 9.17) is 19.1 Å². The molecule has 0 bridgehead atoms. The molecule has 0 aromatic carbocycles. The van der Waals surface area contributed by atoms with Crippen LogP contribution in [-0.2, 0) is 0 Å². The first-order valence-corrected chi connectivity index (χ1v) is 11.1. The highest BCUT2D eigenvalue weighted by molar-refractivity contribution is 6.30. The number of piperidine rings is 1. The number of halogens is 4. The minimum Gasteiger partial charge on any atom is -0.461 e. The number of hydrogen-bond acceptors (Lipinski definition) is 6. The summed E-state index contributed by atoms with van der Waals surface area (Å²) >= 11 is 5.88. The first-order chi connectivity index (χ1) is 15.7. The molecule has 5 heterocycles. The lowest BCUT2D eigenvalue weighted by atomic mass is 9.95. The largest absolute Gasteiger partial charge is 0.461 e. The van der Waals surface area contributed by atoms with E-state index < -0.39 is 30.3 Å². The first kappa shape index (κ1) is 17.7. The number of pyridine rings is 1. The quantitative estimate of drug-likeness (QED) is 0.655. The normalized spacial score (nSPS) is 36.2. The monoisotopic (exact) mass is 455 g/mol. The number of alkyl halides is 2. The molecule has 0 spiro atoms. The third-order valence-corrected chi connectivity index (χ3v) is 7.40. The van der Waals surface area contributed by atoms with Gasteiger partial charge in [-0.05, 0) is 32.2 Å². The highest BCUT2D eigenvalue weighted by Gasteiger charge is 2.57. The lowest BCUT2D eigenvalue weighted by Crippen LogP contribution is -2.43. The summed E-state index contributed by atoms with van der Waals surface area (Å²) in [6.07, 6.45) is 1.89. The van der Waals surface area contributed by atoms with Crippen LogP contribution < -0.4 is 9.64 Å². The van der Waals surface area contributed by atoms with Crippen molar-refractivity contribution in [3.05, 3.63) is 17.2 Å². The zero-order valence-electron chi connectivity index (χ0n) is 18.7. The Labute approximate surface area is 185 Å². The average molecular weight is 456 g/mol. The second kappa shape index (κ2) is 7.07. The van der Waals surface area contributed by atoms with E-state index in [0.29, 0.717) is 19.5 Å². The lowest BCUT2D eigenvalue weighted by molar-refractivity contribution is 0.107. The van der Waals surface area contributed by atoms with Gasteiger partial charge in [-0.25, -0.2) is 18.2 Å². The van der Waals surface area contributed by atoms with Crippen LogP contribution in [0.2, 0.25) is 5.15 Å². The Morgan fingerprint density at radius 2 is 2.16 bits per heavy atom. The van der Waals surface area contributed by atoms with Crippen LogP contribution in [0.3, 0.4) is 0 Å². The summed E-state index contributed by atoms with van der Waals surface area (Å²) in [5.74, 6) is -0.732. The van der Waals surface area contributed by atoms with Crippen molar-refractivity contribution in [3.63, 3.8) is 0 Å². The summed E-state index contributed by atoms with van der Waals surface area (Å²) in [6, 6.07) is -0.753. The molecule has 1 aliphatic carbocycles. The van der Waals surface area contributed by atoms with Crippen LogP contribution in [0.15, 0.2) is 6.20 Å². The van der Waals surface area contributed by atoms with Gasteiger partial charge in [0, 0.05) is 31.6 Å². The number of anilines is 1. The Balaban J connectivity index is 1.43. The van der Waals surface area contributed by atoms with Crippen LogP contribution in [-0.4, -0.2) is 70.0 Å². The molecule has 166 valence electrons. The summed E-state index contributed by atoms with van der Waals surface area (Å²) < 4.78 is 66.7. The molecule has 0 unspecified atom stereocenters. The van der Waals surface area contributed by atoms with Crippen molar-refractivity contribution in [2.24, 2.45) is 5.92 Å². The third kappa shape index (κ3) is 3.07. The Hall–Kier alpha value is -1.87. The molecule has 5 atom stereocenters. The fourth-order valence-corrected chi connectivity index (χ4v) is 5.74. The molecule has 4 aliphatic rings. The number of nitrogens with zero attached hydrogens (tertiary/aromatic N) is 5. The highest BCUT2D eigenvalue weighted by Crippen LogP contribution is 2.48. The molecule has 6 nitrogen and oxygen atoms in total. The maximum Gasteiger partial charge on any atom is 0.319 e. The molecule has 0 radical (unpaired) electrons. The number of rotatable bonds is 4. The van der Waals surface area contributed by atoms with Crippen LogP contribution in [0, 0.1) is 11.7 Å². The molecule has 0 amide bonds. The molecule has 4 fully saturated rings. The van der Waals surface area contributed by atoms with E-state index in [1.807, 2.05) is 0 Å². The van der Waals surface area contributed by atoms with E-state index in [1.54, 1.807) is 9.80 Å². The van der Waals surface area contributed by atoms with Crippen LogP contribution in [0.1, 0.15) is 34.8 Å². The summed E-state index contributed by atoms with van der Waals surface area (Å²) in [4.78, 5) is 16.0. The zero-order chi connectivity index (χ0) is 23.1. The molecule has 2 aromatic heterocycles. The number of aromatic nitrogens is 3. The summed E-state index contributed by atoms with van der Waals surface area (Å²) in [6.45, 7) is -1.07. The molecular formula is C21H23ClF3N5O. The number of hydrogen-bond donors (Lipinski definition) is 0. The van der Waals surface area contributed by atoms with E-state index >= 15 is 0 Å². The maximum atomic E-state index is 14.9. The summed E-state index contributed by atoms with van der Waals surface area (Å²) in [5.41, 5.74) is -1.31. The van der Waals surface area contributed by atoms with Crippen molar-refractivity contribution in [2.45, 2.75) is 56.0 Å². The Kier molecular flexibility index (Phi) is 4.03. The average Bonchev–Trinajstić information content (AvgIpc) is 3.09. The van der Waals surface area contributed by atoms with Gasteiger partial charge in [0.15, 0.2) is 11.0 Å². The Bertz CT molecular complexity index is 1130. The molecule has 0 N–H and O–H groups in total. The second-order valence-electron chi connectivity index (χ2n) is 8.98. The third-order valence-electron chi connectivity index (χ3n) is 7.14. The minimum atomic E-state index is -2.32. The van der Waals surface area contributed by atoms with Gasteiger partial charge in [0.25, 0.3) is 0 Å². The number of fused-ring (bicyclic) bond motifs is 3. The Morgan fingerprint density at radius 1 is 1.29 bits per heavy atom. The van der Waals surface area contributed by atoms with E-state index in [-0.39, 0.29) is 52.8 Å². The van der Waals surface area contributed by atoms with Crippen LogP contribution in [0.5, 0.6) is 6.01 Å². The second-order valence-corrected chi connectivity index (χ2v) is 9.33. The fourth-order valence-electron chi connectivity index (χ4n) is 5.61. The molecule has 1 saturated carbocycles. The van der Waals surface area contributed by atoms with Gasteiger partial charge in [-0.1, -0.05) is 11.6 Å². The van der Waals surface area contributed by atoms with Gasteiger partial charge < -0.3 is 9.64 Å². The van der Waals surface area contributed by atoms with Gasteiger partial charge in [-0.3, -0.25) is 4.90 Å². The van der Waals surface area contributed by atoms with E-state index in [9.17, 15) is 13.2 Å². The highest BCUT2D eigenvalue weighted by atomic mass is 35.5. The van der Waals surface area contributed by atoms with Gasteiger partial charge >= 0.3 is 6.01 Å². The van der Waals surface area contributed by atoms with Gasteiger partial charge in [0.2, 0.25) is 0 Å². The van der Waals surface area contributed by atoms with Crippen molar-refractivity contribution in [1.29, 1.82) is 0 Å². The van der Waals surface area contributed by atoms with Crippen LogP contribution in [0.25, 0.3) is 10.9 Å². The van der Waals surface area contributed by atoms with Gasteiger partial charge in [-0.15, -0.1) is 0 Å². The van der Waals surface area contributed by atoms with Gasteiger partial charge in [0.1, 0.15) is 30.2 Å². The van der Waals surface area contributed by atoms with Crippen molar-refractivity contribution < 1.29 is 20.6 Å². The molecule has 3 aliphatic heterocycles. The van der Waals surface area contributed by atoms with Crippen molar-refractivity contribution in [2.75, 3.05) is 31.1 Å². The number of ether oxygens (including phenoxy) is 1. The first-order valence-electron chi connectivity index (χ1n) is 11.7. The van der Waals surface area contributed by atoms with E-state index in [1.165, 1.54) is 6.20 Å². The van der Waals surface area contributed by atoms with Gasteiger partial charge in [0.05, 0.1) is 19.7 Å². The molecular weight excluding hydrogens is 431 g/mol. The molecule has 3 saturated heterocycles. The minimum absolute atomic E-state index is 0.00393. The predicted octanol–water partition coefficient (Wildman–Crippen LogP) is 3.71. The lowest BCUT2D eigenvalue weighted by Gasteiger charge is -2.31. The summed E-state index contributed by atoms with van der Waals surface area (Å²) in [5, 5.41) is -0.126. The van der Waals surface area contributed by atoms with E-state index in [2.05, 4.69) is 15.0 Å². The van der Waals surface area contributed by atoms with Crippen molar-refractivity contribution in [3.8, 4) is 6.01 Å².